The Kier molecular flexibility index (Phi) is 3.45. The highest BCUT2D eigenvalue weighted by molar-refractivity contribution is 5.41. The number of benzene rings is 2. The topological polar surface area (TPSA) is 29.5 Å². The van der Waals surface area contributed by atoms with Gasteiger partial charge in [0.15, 0.2) is 0 Å². The van der Waals surface area contributed by atoms with E-state index in [1.807, 2.05) is 31.2 Å². The first kappa shape index (κ1) is 13.1. The molecule has 3 heteroatoms. The van der Waals surface area contributed by atoms with Crippen LogP contribution in [0.3, 0.4) is 0 Å². The third-order valence-corrected chi connectivity index (χ3v) is 3.62. The van der Waals surface area contributed by atoms with Crippen LogP contribution in [0, 0.1) is 5.82 Å². The highest BCUT2D eigenvalue weighted by Gasteiger charge is 2.20. The first-order chi connectivity index (χ1) is 9.61. The lowest BCUT2D eigenvalue weighted by Gasteiger charge is -2.12. The summed E-state index contributed by atoms with van der Waals surface area (Å²) < 4.78 is 18.8. The molecule has 0 aromatic heterocycles. The number of ether oxygens (including phenoxy) is 1. The SMILES string of the molecule is CC1Cc2cc(C(O)Cc3cccc(F)c3)ccc2O1. The Labute approximate surface area is 117 Å². The molecule has 2 aromatic rings. The zero-order valence-corrected chi connectivity index (χ0v) is 11.3. The maximum absolute atomic E-state index is 13.1. The standard InChI is InChI=1S/C17H17FO2/c1-11-7-14-10-13(5-6-17(14)20-11)16(19)9-12-3-2-4-15(18)8-12/h2-6,8,10-11,16,19H,7,9H2,1H3. The quantitative estimate of drug-likeness (QED) is 0.927. The molecule has 0 radical (unpaired) electrons. The van der Waals surface area contributed by atoms with Crippen molar-refractivity contribution in [2.75, 3.05) is 0 Å². The number of hydrogen-bond donors (Lipinski definition) is 1. The lowest BCUT2D eigenvalue weighted by atomic mass is 9.98. The number of hydrogen-bond acceptors (Lipinski definition) is 2. The van der Waals surface area contributed by atoms with Crippen molar-refractivity contribution in [3.05, 3.63) is 65.0 Å². The maximum Gasteiger partial charge on any atom is 0.123 e. The zero-order valence-electron chi connectivity index (χ0n) is 11.3. The van der Waals surface area contributed by atoms with Crippen LogP contribution in [-0.4, -0.2) is 11.2 Å². The molecule has 0 amide bonds. The molecule has 1 aliphatic heterocycles. The molecule has 2 unspecified atom stereocenters. The summed E-state index contributed by atoms with van der Waals surface area (Å²) in [6, 6.07) is 12.1. The van der Waals surface area contributed by atoms with Gasteiger partial charge in [0.05, 0.1) is 6.10 Å². The molecule has 2 aromatic carbocycles. The summed E-state index contributed by atoms with van der Waals surface area (Å²) in [6.45, 7) is 2.03. The molecule has 1 N–H and O–H groups in total. The third-order valence-electron chi connectivity index (χ3n) is 3.62. The average Bonchev–Trinajstić information content (AvgIpc) is 2.77. The number of rotatable bonds is 3. The average molecular weight is 272 g/mol. The normalized spacial score (nSPS) is 18.4. The van der Waals surface area contributed by atoms with Crippen LogP contribution < -0.4 is 4.74 Å². The van der Waals surface area contributed by atoms with Gasteiger partial charge < -0.3 is 9.84 Å². The van der Waals surface area contributed by atoms with Gasteiger partial charge in [0.25, 0.3) is 0 Å². The van der Waals surface area contributed by atoms with E-state index in [9.17, 15) is 9.50 Å². The van der Waals surface area contributed by atoms with E-state index < -0.39 is 6.10 Å². The van der Waals surface area contributed by atoms with E-state index in [2.05, 4.69) is 0 Å². The van der Waals surface area contributed by atoms with E-state index >= 15 is 0 Å². The first-order valence-corrected chi connectivity index (χ1v) is 6.84. The zero-order chi connectivity index (χ0) is 14.1. The van der Waals surface area contributed by atoms with Gasteiger partial charge >= 0.3 is 0 Å². The van der Waals surface area contributed by atoms with Crippen LogP contribution in [0.1, 0.15) is 29.7 Å². The number of aliphatic hydroxyl groups excluding tert-OH is 1. The molecule has 2 atom stereocenters. The van der Waals surface area contributed by atoms with Crippen LogP contribution in [0.15, 0.2) is 42.5 Å². The molecule has 0 aliphatic carbocycles. The fraction of sp³-hybridized carbons (Fsp3) is 0.294. The fourth-order valence-corrected chi connectivity index (χ4v) is 2.65. The van der Waals surface area contributed by atoms with Crippen molar-refractivity contribution in [3.8, 4) is 5.75 Å². The lowest BCUT2D eigenvalue weighted by Crippen LogP contribution is -2.05. The second-order valence-corrected chi connectivity index (χ2v) is 5.35. The van der Waals surface area contributed by atoms with Gasteiger partial charge in [-0.25, -0.2) is 4.39 Å². The molecule has 0 fully saturated rings. The number of fused-ring (bicyclic) bond motifs is 1. The van der Waals surface area contributed by atoms with Crippen molar-refractivity contribution in [2.24, 2.45) is 0 Å². The molecular formula is C17H17FO2. The highest BCUT2D eigenvalue weighted by Crippen LogP contribution is 2.31. The Morgan fingerprint density at radius 3 is 2.95 bits per heavy atom. The van der Waals surface area contributed by atoms with Gasteiger partial charge in [-0.1, -0.05) is 18.2 Å². The van der Waals surface area contributed by atoms with Crippen molar-refractivity contribution in [1.82, 2.24) is 0 Å². The molecular weight excluding hydrogens is 255 g/mol. The largest absolute Gasteiger partial charge is 0.490 e. The van der Waals surface area contributed by atoms with E-state index in [-0.39, 0.29) is 11.9 Å². The Hall–Kier alpha value is -1.87. The summed E-state index contributed by atoms with van der Waals surface area (Å²) in [5.74, 6) is 0.630. The van der Waals surface area contributed by atoms with Gasteiger partial charge in [0.2, 0.25) is 0 Å². The van der Waals surface area contributed by atoms with Gasteiger partial charge in [0.1, 0.15) is 17.7 Å². The van der Waals surface area contributed by atoms with E-state index in [1.165, 1.54) is 12.1 Å². The van der Waals surface area contributed by atoms with Crippen molar-refractivity contribution in [2.45, 2.75) is 32.0 Å². The minimum atomic E-state index is -0.627. The van der Waals surface area contributed by atoms with Crippen molar-refractivity contribution >= 4 is 0 Å². The first-order valence-electron chi connectivity index (χ1n) is 6.84. The van der Waals surface area contributed by atoms with Gasteiger partial charge in [-0.2, -0.15) is 0 Å². The second-order valence-electron chi connectivity index (χ2n) is 5.35. The molecule has 0 saturated heterocycles. The Morgan fingerprint density at radius 1 is 1.30 bits per heavy atom. The molecule has 0 spiro atoms. The van der Waals surface area contributed by atoms with Gasteiger partial charge in [-0.3, -0.25) is 0 Å². The highest BCUT2D eigenvalue weighted by atomic mass is 19.1. The summed E-state index contributed by atoms with van der Waals surface area (Å²) in [5.41, 5.74) is 2.78. The van der Waals surface area contributed by atoms with Crippen LogP contribution in [0.4, 0.5) is 4.39 Å². The summed E-state index contributed by atoms with van der Waals surface area (Å²) >= 11 is 0. The summed E-state index contributed by atoms with van der Waals surface area (Å²) in [7, 11) is 0. The Balaban J connectivity index is 1.78. The van der Waals surface area contributed by atoms with Crippen molar-refractivity contribution < 1.29 is 14.2 Å². The molecule has 20 heavy (non-hydrogen) atoms. The molecule has 1 heterocycles. The summed E-state index contributed by atoms with van der Waals surface area (Å²) in [5, 5.41) is 10.3. The minimum absolute atomic E-state index is 0.195. The fourth-order valence-electron chi connectivity index (χ4n) is 2.65. The lowest BCUT2D eigenvalue weighted by molar-refractivity contribution is 0.178. The van der Waals surface area contributed by atoms with Gasteiger partial charge in [0, 0.05) is 12.8 Å². The summed E-state index contributed by atoms with van der Waals surface area (Å²) in [4.78, 5) is 0. The number of halogens is 1. The predicted octanol–water partition coefficient (Wildman–Crippen LogP) is 3.43. The van der Waals surface area contributed by atoms with Gasteiger partial charge in [-0.15, -0.1) is 0 Å². The molecule has 2 nitrogen and oxygen atoms in total. The van der Waals surface area contributed by atoms with Crippen molar-refractivity contribution in [1.29, 1.82) is 0 Å². The van der Waals surface area contributed by atoms with Crippen LogP contribution in [-0.2, 0) is 12.8 Å². The van der Waals surface area contributed by atoms with Gasteiger partial charge in [-0.05, 0) is 47.9 Å². The van der Waals surface area contributed by atoms with E-state index in [1.54, 1.807) is 6.07 Å². The molecule has 104 valence electrons. The number of aliphatic hydroxyl groups is 1. The van der Waals surface area contributed by atoms with Crippen LogP contribution in [0.2, 0.25) is 0 Å². The predicted molar refractivity (Wildman–Crippen MR) is 75.3 cm³/mol. The van der Waals surface area contributed by atoms with Crippen LogP contribution in [0.5, 0.6) is 5.75 Å². The molecule has 1 aliphatic rings. The second kappa shape index (κ2) is 5.25. The van der Waals surface area contributed by atoms with Crippen molar-refractivity contribution in [3.63, 3.8) is 0 Å². The Bertz CT molecular complexity index is 624. The molecule has 0 bridgehead atoms. The van der Waals surface area contributed by atoms with E-state index in [0.717, 1.165) is 28.9 Å². The van der Waals surface area contributed by atoms with E-state index in [4.69, 9.17) is 4.74 Å². The van der Waals surface area contributed by atoms with E-state index in [0.29, 0.717) is 6.42 Å². The van der Waals surface area contributed by atoms with Crippen LogP contribution >= 0.6 is 0 Å². The Morgan fingerprint density at radius 2 is 2.15 bits per heavy atom. The maximum atomic E-state index is 13.1. The molecule has 3 rings (SSSR count). The molecule has 0 saturated carbocycles. The van der Waals surface area contributed by atoms with Crippen LogP contribution in [0.25, 0.3) is 0 Å². The summed E-state index contributed by atoms with van der Waals surface area (Å²) in [6.07, 6.45) is 0.849. The monoisotopic (exact) mass is 272 g/mol. The third kappa shape index (κ3) is 2.68. The minimum Gasteiger partial charge on any atom is -0.490 e. The smallest absolute Gasteiger partial charge is 0.123 e.